The molecule has 0 spiro atoms. The first kappa shape index (κ1) is 14.9. The zero-order chi connectivity index (χ0) is 15.0. The minimum atomic E-state index is -0.982. The summed E-state index contributed by atoms with van der Waals surface area (Å²) in [5, 5.41) is 10.2. The van der Waals surface area contributed by atoms with Crippen molar-refractivity contribution in [3.63, 3.8) is 0 Å². The molecule has 0 heterocycles. The van der Waals surface area contributed by atoms with E-state index < -0.39 is 17.7 Å². The largest absolute Gasteiger partial charge is 0.387 e. The van der Waals surface area contributed by atoms with Gasteiger partial charge in [-0.2, -0.15) is 0 Å². The molecule has 4 unspecified atom stereocenters. The number of halogens is 2. The third-order valence-electron chi connectivity index (χ3n) is 5.26. The van der Waals surface area contributed by atoms with E-state index in [0.29, 0.717) is 12.5 Å². The summed E-state index contributed by atoms with van der Waals surface area (Å²) in [7, 11) is 1.95. The molecule has 116 valence electrons. The summed E-state index contributed by atoms with van der Waals surface area (Å²) in [5.41, 5.74) is 0.0507. The topological polar surface area (TPSA) is 23.5 Å². The highest BCUT2D eigenvalue weighted by Crippen LogP contribution is 2.48. The van der Waals surface area contributed by atoms with Crippen LogP contribution < -0.4 is 0 Å². The van der Waals surface area contributed by atoms with Crippen LogP contribution in [0.2, 0.25) is 0 Å². The minimum Gasteiger partial charge on any atom is -0.387 e. The Bertz CT molecular complexity index is 508. The lowest BCUT2D eigenvalue weighted by Crippen LogP contribution is -2.32. The van der Waals surface area contributed by atoms with Crippen molar-refractivity contribution in [2.24, 2.45) is 17.8 Å². The Labute approximate surface area is 124 Å². The molecule has 0 radical (unpaired) electrons. The summed E-state index contributed by atoms with van der Waals surface area (Å²) in [6.45, 7) is 1.28. The molecular weight excluding hydrogens is 272 g/mol. The number of fused-ring (bicyclic) bond motifs is 2. The third-order valence-corrected chi connectivity index (χ3v) is 5.26. The van der Waals surface area contributed by atoms with Crippen LogP contribution in [0.15, 0.2) is 18.2 Å². The molecular formula is C17H23F2NO. The molecule has 2 aliphatic rings. The zero-order valence-corrected chi connectivity index (χ0v) is 12.4. The molecule has 4 heteroatoms. The average molecular weight is 295 g/mol. The standard InChI is InChI=1S/C17H23F2NO/c1-20(9-13-8-11-5-6-12(13)7-11)10-16(21)14-3-2-4-15(18)17(14)19/h2-4,11-13,16,21H,5-10H2,1H3. The maximum absolute atomic E-state index is 13.7. The number of aliphatic hydroxyl groups is 1. The van der Waals surface area contributed by atoms with Crippen molar-refractivity contribution < 1.29 is 13.9 Å². The molecule has 1 N–H and O–H groups in total. The van der Waals surface area contributed by atoms with Gasteiger partial charge in [-0.25, -0.2) is 8.78 Å². The Balaban J connectivity index is 1.57. The van der Waals surface area contributed by atoms with E-state index in [4.69, 9.17) is 0 Å². The highest BCUT2D eigenvalue weighted by molar-refractivity contribution is 5.21. The molecule has 2 saturated carbocycles. The second kappa shape index (κ2) is 6.01. The molecule has 3 rings (SSSR count). The SMILES string of the molecule is CN(CC(O)c1cccc(F)c1F)CC1CC2CCC1C2. The smallest absolute Gasteiger partial charge is 0.164 e. The van der Waals surface area contributed by atoms with Crippen LogP contribution in [0, 0.1) is 29.4 Å². The maximum Gasteiger partial charge on any atom is 0.164 e. The normalized spacial score (nSPS) is 29.3. The Kier molecular flexibility index (Phi) is 4.27. The summed E-state index contributed by atoms with van der Waals surface area (Å²) in [4.78, 5) is 2.06. The number of benzene rings is 1. The predicted molar refractivity (Wildman–Crippen MR) is 77.8 cm³/mol. The average Bonchev–Trinajstić information content (AvgIpc) is 3.04. The van der Waals surface area contributed by atoms with Gasteiger partial charge in [0.1, 0.15) is 0 Å². The molecule has 0 amide bonds. The summed E-state index contributed by atoms with van der Waals surface area (Å²) in [5.74, 6) is 0.610. The first-order chi connectivity index (χ1) is 10.0. The second-order valence-electron chi connectivity index (χ2n) is 6.81. The van der Waals surface area contributed by atoms with Gasteiger partial charge in [-0.15, -0.1) is 0 Å². The lowest BCUT2D eigenvalue weighted by atomic mass is 9.88. The van der Waals surface area contributed by atoms with Gasteiger partial charge in [0.25, 0.3) is 0 Å². The van der Waals surface area contributed by atoms with Crippen molar-refractivity contribution in [1.82, 2.24) is 4.90 Å². The van der Waals surface area contributed by atoms with E-state index in [-0.39, 0.29) is 5.56 Å². The van der Waals surface area contributed by atoms with Crippen molar-refractivity contribution in [2.75, 3.05) is 20.1 Å². The van der Waals surface area contributed by atoms with E-state index in [1.54, 1.807) is 0 Å². The first-order valence-electron chi connectivity index (χ1n) is 7.85. The van der Waals surface area contributed by atoms with Crippen LogP contribution in [0.25, 0.3) is 0 Å². The van der Waals surface area contributed by atoms with Crippen LogP contribution in [0.4, 0.5) is 8.78 Å². The van der Waals surface area contributed by atoms with E-state index in [0.717, 1.165) is 24.4 Å². The predicted octanol–water partition coefficient (Wildman–Crippen LogP) is 3.37. The maximum atomic E-state index is 13.7. The van der Waals surface area contributed by atoms with Crippen LogP contribution in [-0.4, -0.2) is 30.1 Å². The van der Waals surface area contributed by atoms with Crippen LogP contribution in [0.1, 0.15) is 37.4 Å². The molecule has 2 bridgehead atoms. The van der Waals surface area contributed by atoms with E-state index >= 15 is 0 Å². The van der Waals surface area contributed by atoms with Gasteiger partial charge in [0.15, 0.2) is 11.6 Å². The van der Waals surface area contributed by atoms with Gasteiger partial charge in [0.05, 0.1) is 6.10 Å². The lowest BCUT2D eigenvalue weighted by molar-refractivity contribution is 0.107. The van der Waals surface area contributed by atoms with Crippen molar-refractivity contribution in [1.29, 1.82) is 0 Å². The summed E-state index contributed by atoms with van der Waals surface area (Å²) in [6, 6.07) is 3.96. The molecule has 1 aromatic rings. The Hall–Kier alpha value is -1.00. The van der Waals surface area contributed by atoms with Gasteiger partial charge in [0, 0.05) is 18.7 Å². The Morgan fingerprint density at radius 2 is 2.10 bits per heavy atom. The highest BCUT2D eigenvalue weighted by Gasteiger charge is 2.39. The summed E-state index contributed by atoms with van der Waals surface area (Å²) in [6.07, 6.45) is 4.38. The van der Waals surface area contributed by atoms with Crippen LogP contribution in [-0.2, 0) is 0 Å². The van der Waals surface area contributed by atoms with E-state index in [9.17, 15) is 13.9 Å². The number of likely N-dealkylation sites (N-methyl/N-ethyl adjacent to an activating group) is 1. The van der Waals surface area contributed by atoms with Gasteiger partial charge < -0.3 is 10.0 Å². The van der Waals surface area contributed by atoms with Gasteiger partial charge >= 0.3 is 0 Å². The molecule has 0 aromatic heterocycles. The molecule has 1 aromatic carbocycles. The van der Waals surface area contributed by atoms with Crippen LogP contribution in [0.3, 0.4) is 0 Å². The fourth-order valence-corrected chi connectivity index (χ4v) is 4.25. The fraction of sp³-hybridized carbons (Fsp3) is 0.647. The Morgan fingerprint density at radius 3 is 2.76 bits per heavy atom. The van der Waals surface area contributed by atoms with Gasteiger partial charge in [0.2, 0.25) is 0 Å². The zero-order valence-electron chi connectivity index (χ0n) is 12.4. The number of hydrogen-bond donors (Lipinski definition) is 1. The summed E-state index contributed by atoms with van der Waals surface area (Å²) >= 11 is 0. The first-order valence-corrected chi connectivity index (χ1v) is 7.85. The van der Waals surface area contributed by atoms with Crippen LogP contribution in [0.5, 0.6) is 0 Å². The monoisotopic (exact) mass is 295 g/mol. The van der Waals surface area contributed by atoms with Crippen LogP contribution >= 0.6 is 0 Å². The van der Waals surface area contributed by atoms with E-state index in [1.807, 2.05) is 7.05 Å². The van der Waals surface area contributed by atoms with Gasteiger partial charge in [-0.1, -0.05) is 18.6 Å². The number of aliphatic hydroxyl groups excluding tert-OH is 1. The lowest BCUT2D eigenvalue weighted by Gasteiger charge is -2.28. The minimum absolute atomic E-state index is 0.0507. The van der Waals surface area contributed by atoms with Gasteiger partial charge in [-0.05, 0) is 50.1 Å². The highest BCUT2D eigenvalue weighted by atomic mass is 19.2. The van der Waals surface area contributed by atoms with Crippen molar-refractivity contribution in [3.8, 4) is 0 Å². The molecule has 2 fully saturated rings. The summed E-state index contributed by atoms with van der Waals surface area (Å²) < 4.78 is 26.9. The van der Waals surface area contributed by atoms with Crippen molar-refractivity contribution >= 4 is 0 Å². The van der Waals surface area contributed by atoms with Gasteiger partial charge in [-0.3, -0.25) is 0 Å². The number of hydrogen-bond acceptors (Lipinski definition) is 2. The molecule has 4 atom stereocenters. The van der Waals surface area contributed by atoms with Crippen molar-refractivity contribution in [2.45, 2.75) is 31.8 Å². The van der Waals surface area contributed by atoms with Crippen molar-refractivity contribution in [3.05, 3.63) is 35.4 Å². The molecule has 2 aliphatic carbocycles. The molecule has 21 heavy (non-hydrogen) atoms. The quantitative estimate of drug-likeness (QED) is 0.900. The van der Waals surface area contributed by atoms with E-state index in [2.05, 4.69) is 4.90 Å². The molecule has 2 nitrogen and oxygen atoms in total. The Morgan fingerprint density at radius 1 is 1.29 bits per heavy atom. The van der Waals surface area contributed by atoms with E-state index in [1.165, 1.54) is 37.8 Å². The number of rotatable bonds is 5. The number of nitrogens with zero attached hydrogens (tertiary/aromatic N) is 1. The molecule has 0 saturated heterocycles. The third kappa shape index (κ3) is 3.11. The molecule has 0 aliphatic heterocycles. The fourth-order valence-electron chi connectivity index (χ4n) is 4.25. The second-order valence-corrected chi connectivity index (χ2v) is 6.81.